The third-order valence-electron chi connectivity index (χ3n) is 5.03. The smallest absolute Gasteiger partial charge is 0.121 e. The summed E-state index contributed by atoms with van der Waals surface area (Å²) in [4.78, 5) is 0. The number of rotatable bonds is 6. The van der Waals surface area contributed by atoms with Crippen molar-refractivity contribution in [3.8, 4) is 0 Å². The van der Waals surface area contributed by atoms with Gasteiger partial charge >= 0.3 is 0 Å². The van der Waals surface area contributed by atoms with Gasteiger partial charge in [0, 0.05) is 12.0 Å². The predicted molar refractivity (Wildman–Crippen MR) is 85.9 cm³/mol. The van der Waals surface area contributed by atoms with Crippen LogP contribution in [0.15, 0.2) is 21.2 Å². The van der Waals surface area contributed by atoms with E-state index in [9.17, 15) is 0 Å². The SMILES string of the molecule is CCCC1CCC(CNC2CC2)C(c2occc2Br)C1. The lowest BCUT2D eigenvalue weighted by molar-refractivity contribution is 0.200. The molecule has 2 nitrogen and oxygen atoms in total. The van der Waals surface area contributed by atoms with Gasteiger partial charge in [0.2, 0.25) is 0 Å². The van der Waals surface area contributed by atoms with Gasteiger partial charge in [0.25, 0.3) is 0 Å². The standard InChI is InChI=1S/C17H26BrNO/c1-2-3-12-4-5-13(11-19-14-6-7-14)15(10-12)17-16(18)8-9-20-17/h8-9,12-15,19H,2-7,10-11H2,1H3. The average molecular weight is 340 g/mol. The largest absolute Gasteiger partial charge is 0.468 e. The average Bonchev–Trinajstić information content (AvgIpc) is 3.18. The minimum atomic E-state index is 0.593. The first-order valence-corrected chi connectivity index (χ1v) is 9.03. The normalized spacial score (nSPS) is 30.6. The molecule has 2 aliphatic carbocycles. The van der Waals surface area contributed by atoms with E-state index in [1.165, 1.54) is 57.3 Å². The van der Waals surface area contributed by atoms with Crippen molar-refractivity contribution >= 4 is 15.9 Å². The minimum absolute atomic E-state index is 0.593. The van der Waals surface area contributed by atoms with E-state index in [1.54, 1.807) is 0 Å². The van der Waals surface area contributed by atoms with Gasteiger partial charge < -0.3 is 9.73 Å². The second kappa shape index (κ2) is 6.65. The molecule has 1 heterocycles. The summed E-state index contributed by atoms with van der Waals surface area (Å²) in [5, 5.41) is 3.73. The fourth-order valence-corrected chi connectivity index (χ4v) is 4.23. The zero-order valence-corrected chi connectivity index (χ0v) is 14.0. The Morgan fingerprint density at radius 3 is 2.80 bits per heavy atom. The van der Waals surface area contributed by atoms with Crippen LogP contribution in [0.5, 0.6) is 0 Å². The molecule has 2 saturated carbocycles. The molecular formula is C17H26BrNO. The maximum Gasteiger partial charge on any atom is 0.121 e. The summed E-state index contributed by atoms with van der Waals surface area (Å²) in [5.41, 5.74) is 0. The van der Waals surface area contributed by atoms with Gasteiger partial charge in [-0.05, 0) is 66.1 Å². The Bertz CT molecular complexity index is 426. The van der Waals surface area contributed by atoms with Gasteiger partial charge in [-0.15, -0.1) is 0 Å². The topological polar surface area (TPSA) is 25.2 Å². The van der Waals surface area contributed by atoms with Crippen molar-refractivity contribution in [1.29, 1.82) is 0 Å². The quantitative estimate of drug-likeness (QED) is 0.780. The maximum absolute atomic E-state index is 5.81. The van der Waals surface area contributed by atoms with E-state index in [-0.39, 0.29) is 0 Å². The van der Waals surface area contributed by atoms with Crippen LogP contribution in [0.2, 0.25) is 0 Å². The van der Waals surface area contributed by atoms with Gasteiger partial charge in [0.15, 0.2) is 0 Å². The first kappa shape index (κ1) is 14.6. The number of nitrogens with one attached hydrogen (secondary N) is 1. The van der Waals surface area contributed by atoms with E-state index in [0.29, 0.717) is 5.92 Å². The fourth-order valence-electron chi connectivity index (χ4n) is 3.73. The molecule has 0 aliphatic heterocycles. The van der Waals surface area contributed by atoms with E-state index in [1.807, 2.05) is 12.3 Å². The van der Waals surface area contributed by atoms with Crippen molar-refractivity contribution in [2.45, 2.75) is 63.8 Å². The fraction of sp³-hybridized carbons (Fsp3) is 0.765. The zero-order chi connectivity index (χ0) is 13.9. The number of hydrogen-bond acceptors (Lipinski definition) is 2. The van der Waals surface area contributed by atoms with Crippen molar-refractivity contribution in [2.24, 2.45) is 11.8 Å². The highest BCUT2D eigenvalue weighted by molar-refractivity contribution is 9.10. The van der Waals surface area contributed by atoms with Crippen molar-refractivity contribution in [3.63, 3.8) is 0 Å². The Balaban J connectivity index is 1.68. The third-order valence-corrected chi connectivity index (χ3v) is 5.68. The summed E-state index contributed by atoms with van der Waals surface area (Å²) in [7, 11) is 0. The van der Waals surface area contributed by atoms with E-state index >= 15 is 0 Å². The summed E-state index contributed by atoms with van der Waals surface area (Å²) >= 11 is 3.67. The lowest BCUT2D eigenvalue weighted by Gasteiger charge is -2.35. The Morgan fingerprint density at radius 2 is 2.15 bits per heavy atom. The Kier molecular flexibility index (Phi) is 4.87. The van der Waals surface area contributed by atoms with E-state index in [0.717, 1.165) is 22.4 Å². The Morgan fingerprint density at radius 1 is 1.30 bits per heavy atom. The van der Waals surface area contributed by atoms with Crippen LogP contribution in [0, 0.1) is 11.8 Å². The second-order valence-corrected chi connectivity index (χ2v) is 7.50. The van der Waals surface area contributed by atoms with Crippen molar-refractivity contribution < 1.29 is 4.42 Å². The minimum Gasteiger partial charge on any atom is -0.468 e. The molecule has 0 saturated heterocycles. The molecule has 2 fully saturated rings. The molecule has 3 unspecified atom stereocenters. The monoisotopic (exact) mass is 339 g/mol. The molecule has 1 aromatic rings. The summed E-state index contributed by atoms with van der Waals surface area (Å²) < 4.78 is 6.97. The van der Waals surface area contributed by atoms with Crippen molar-refractivity contribution in [3.05, 3.63) is 22.6 Å². The lowest BCUT2D eigenvalue weighted by atomic mass is 9.71. The zero-order valence-electron chi connectivity index (χ0n) is 12.4. The molecule has 2 aliphatic rings. The van der Waals surface area contributed by atoms with Gasteiger partial charge in [-0.25, -0.2) is 0 Å². The van der Waals surface area contributed by atoms with Crippen LogP contribution in [0.4, 0.5) is 0 Å². The molecule has 112 valence electrons. The molecule has 0 aromatic carbocycles. The van der Waals surface area contributed by atoms with Crippen LogP contribution >= 0.6 is 15.9 Å². The van der Waals surface area contributed by atoms with Crippen molar-refractivity contribution in [2.75, 3.05) is 6.54 Å². The Labute approximate surface area is 130 Å². The van der Waals surface area contributed by atoms with Crippen LogP contribution < -0.4 is 5.32 Å². The molecule has 0 amide bonds. The maximum atomic E-state index is 5.81. The van der Waals surface area contributed by atoms with E-state index in [2.05, 4.69) is 28.2 Å². The summed E-state index contributed by atoms with van der Waals surface area (Å²) in [6.45, 7) is 3.47. The van der Waals surface area contributed by atoms with Gasteiger partial charge in [0.1, 0.15) is 5.76 Å². The Hall–Kier alpha value is -0.280. The molecule has 3 heteroatoms. The number of halogens is 1. The van der Waals surface area contributed by atoms with Crippen LogP contribution in [-0.2, 0) is 0 Å². The van der Waals surface area contributed by atoms with E-state index in [4.69, 9.17) is 4.42 Å². The van der Waals surface area contributed by atoms with Gasteiger partial charge in [-0.3, -0.25) is 0 Å². The predicted octanol–water partition coefficient (Wildman–Crippen LogP) is 5.09. The first-order valence-electron chi connectivity index (χ1n) is 8.24. The summed E-state index contributed by atoms with van der Waals surface area (Å²) in [5.74, 6) is 3.41. The molecule has 3 atom stereocenters. The highest BCUT2D eigenvalue weighted by Gasteiger charge is 2.35. The van der Waals surface area contributed by atoms with Crippen molar-refractivity contribution in [1.82, 2.24) is 5.32 Å². The third kappa shape index (κ3) is 3.48. The molecule has 0 radical (unpaired) electrons. The van der Waals surface area contributed by atoms with Gasteiger partial charge in [-0.1, -0.05) is 26.2 Å². The second-order valence-electron chi connectivity index (χ2n) is 6.65. The molecule has 3 rings (SSSR count). The molecule has 0 spiro atoms. The number of hydrogen-bond donors (Lipinski definition) is 1. The van der Waals surface area contributed by atoms with Gasteiger partial charge in [-0.2, -0.15) is 0 Å². The number of furan rings is 1. The molecule has 20 heavy (non-hydrogen) atoms. The van der Waals surface area contributed by atoms with Crippen LogP contribution in [0.1, 0.15) is 63.5 Å². The van der Waals surface area contributed by atoms with Crippen LogP contribution in [0.25, 0.3) is 0 Å². The molecule has 0 bridgehead atoms. The summed E-state index contributed by atoms with van der Waals surface area (Å²) in [6.07, 6.45) is 11.3. The molecule has 1 N–H and O–H groups in total. The van der Waals surface area contributed by atoms with Gasteiger partial charge in [0.05, 0.1) is 10.7 Å². The summed E-state index contributed by atoms with van der Waals surface area (Å²) in [6, 6.07) is 2.86. The lowest BCUT2D eigenvalue weighted by Crippen LogP contribution is -2.33. The molecule has 1 aromatic heterocycles. The molecular weight excluding hydrogens is 314 g/mol. The highest BCUT2D eigenvalue weighted by Crippen LogP contribution is 2.44. The van der Waals surface area contributed by atoms with Crippen LogP contribution in [0.3, 0.4) is 0 Å². The highest BCUT2D eigenvalue weighted by atomic mass is 79.9. The van der Waals surface area contributed by atoms with Crippen LogP contribution in [-0.4, -0.2) is 12.6 Å². The first-order chi connectivity index (χ1) is 9.78. The van der Waals surface area contributed by atoms with E-state index < -0.39 is 0 Å².